The molecule has 0 aliphatic heterocycles. The Morgan fingerprint density at radius 3 is 2.65 bits per heavy atom. The molecule has 3 N–H and O–H groups in total. The molecule has 0 saturated heterocycles. The fraction of sp³-hybridized carbons (Fsp3) is 0.462. The number of nitrogens with zero attached hydrogens (tertiary/aromatic N) is 2. The zero-order valence-corrected chi connectivity index (χ0v) is 11.3. The van der Waals surface area contributed by atoms with Crippen molar-refractivity contribution in [2.75, 3.05) is 12.5 Å². The second-order valence-electron chi connectivity index (χ2n) is 4.99. The number of nitrogens with one attached hydrogen (secondary N) is 1. The zero-order valence-electron chi connectivity index (χ0n) is 11.3. The molecule has 1 aromatic rings. The lowest BCUT2D eigenvalue weighted by atomic mass is 10.1. The Bertz CT molecular complexity index is 526. The highest BCUT2D eigenvalue weighted by atomic mass is 16.6. The lowest BCUT2D eigenvalue weighted by Gasteiger charge is -2.25. The van der Waals surface area contributed by atoms with E-state index in [0.29, 0.717) is 5.69 Å². The largest absolute Gasteiger partial charge is 0.339 e. The Hall–Kier alpha value is -2.15. The monoisotopic (exact) mass is 278 g/mol. The standard InChI is InChI=1S/C13H18N4O3/c1-16(9-4-2-3-5-9)13(18)11-8-10(17(19)20)6-7-12(11)15-14/h6-9,15H,2-5,14H2,1H3. The first kappa shape index (κ1) is 14.3. The van der Waals surface area contributed by atoms with Gasteiger partial charge in [-0.25, -0.2) is 0 Å². The number of anilines is 1. The third kappa shape index (κ3) is 2.72. The van der Waals surface area contributed by atoms with Gasteiger partial charge in [0.2, 0.25) is 0 Å². The molecule has 20 heavy (non-hydrogen) atoms. The molecule has 1 aliphatic carbocycles. The average molecular weight is 278 g/mol. The zero-order chi connectivity index (χ0) is 14.7. The maximum absolute atomic E-state index is 12.5. The number of hydrogen-bond acceptors (Lipinski definition) is 5. The van der Waals surface area contributed by atoms with Crippen molar-refractivity contribution in [3.63, 3.8) is 0 Å². The highest BCUT2D eigenvalue weighted by Gasteiger charge is 2.26. The SMILES string of the molecule is CN(C(=O)c1cc([N+](=O)[O-])ccc1NN)C1CCCC1. The Labute approximate surface area is 116 Å². The summed E-state index contributed by atoms with van der Waals surface area (Å²) >= 11 is 0. The minimum Gasteiger partial charge on any atom is -0.339 e. The maximum atomic E-state index is 12.5. The molecule has 0 bridgehead atoms. The summed E-state index contributed by atoms with van der Waals surface area (Å²) < 4.78 is 0. The number of carbonyl (C=O) groups excluding carboxylic acids is 1. The lowest BCUT2D eigenvalue weighted by Crippen LogP contribution is -2.35. The van der Waals surface area contributed by atoms with Gasteiger partial charge >= 0.3 is 0 Å². The number of rotatable bonds is 4. The number of hydrazine groups is 1. The van der Waals surface area contributed by atoms with E-state index in [1.54, 1.807) is 11.9 Å². The van der Waals surface area contributed by atoms with Gasteiger partial charge in [-0.2, -0.15) is 0 Å². The highest BCUT2D eigenvalue weighted by Crippen LogP contribution is 2.27. The third-order valence-electron chi connectivity index (χ3n) is 3.79. The summed E-state index contributed by atoms with van der Waals surface area (Å²) in [6, 6.07) is 4.24. The van der Waals surface area contributed by atoms with Gasteiger partial charge < -0.3 is 10.3 Å². The van der Waals surface area contributed by atoms with Gasteiger partial charge in [0.05, 0.1) is 16.2 Å². The molecular weight excluding hydrogens is 260 g/mol. The molecular formula is C13H18N4O3. The lowest BCUT2D eigenvalue weighted by molar-refractivity contribution is -0.384. The fourth-order valence-corrected chi connectivity index (χ4v) is 2.60. The van der Waals surface area contributed by atoms with E-state index in [1.165, 1.54) is 18.2 Å². The van der Waals surface area contributed by atoms with Crippen molar-refractivity contribution >= 4 is 17.3 Å². The predicted molar refractivity (Wildman–Crippen MR) is 75.3 cm³/mol. The van der Waals surface area contributed by atoms with Crippen LogP contribution < -0.4 is 11.3 Å². The number of hydrogen-bond donors (Lipinski definition) is 2. The molecule has 7 heteroatoms. The maximum Gasteiger partial charge on any atom is 0.270 e. The summed E-state index contributed by atoms with van der Waals surface area (Å²) in [4.78, 5) is 24.5. The van der Waals surface area contributed by atoms with Crippen molar-refractivity contribution in [2.45, 2.75) is 31.7 Å². The number of carbonyl (C=O) groups is 1. The van der Waals surface area contributed by atoms with E-state index in [4.69, 9.17) is 5.84 Å². The van der Waals surface area contributed by atoms with Crippen molar-refractivity contribution in [3.05, 3.63) is 33.9 Å². The van der Waals surface area contributed by atoms with E-state index < -0.39 is 4.92 Å². The van der Waals surface area contributed by atoms with Crippen LogP contribution in [-0.4, -0.2) is 28.8 Å². The first-order valence-corrected chi connectivity index (χ1v) is 6.57. The minimum absolute atomic E-state index is 0.118. The summed E-state index contributed by atoms with van der Waals surface area (Å²) in [6.45, 7) is 0. The molecule has 1 aliphatic rings. The number of nitrogen functional groups attached to an aromatic ring is 1. The highest BCUT2D eigenvalue weighted by molar-refractivity contribution is 6.00. The molecule has 1 amide bonds. The Kier molecular flexibility index (Phi) is 4.19. The van der Waals surface area contributed by atoms with Crippen LogP contribution in [0.4, 0.5) is 11.4 Å². The summed E-state index contributed by atoms with van der Waals surface area (Å²) in [5, 5.41) is 10.8. The van der Waals surface area contributed by atoms with E-state index in [1.807, 2.05) is 0 Å². The summed E-state index contributed by atoms with van der Waals surface area (Å²) in [7, 11) is 1.73. The molecule has 0 heterocycles. The van der Waals surface area contributed by atoms with Crippen LogP contribution in [0, 0.1) is 10.1 Å². The molecule has 1 fully saturated rings. The normalized spacial score (nSPS) is 15.1. The van der Waals surface area contributed by atoms with Crippen LogP contribution in [0.15, 0.2) is 18.2 Å². The minimum atomic E-state index is -0.521. The molecule has 0 unspecified atom stereocenters. The van der Waals surface area contributed by atoms with Crippen LogP contribution >= 0.6 is 0 Å². The third-order valence-corrected chi connectivity index (χ3v) is 3.79. The van der Waals surface area contributed by atoms with Gasteiger partial charge in [0, 0.05) is 25.2 Å². The molecule has 108 valence electrons. The van der Waals surface area contributed by atoms with Gasteiger partial charge in [-0.05, 0) is 18.9 Å². The molecule has 0 spiro atoms. The first-order chi connectivity index (χ1) is 9.54. The van der Waals surface area contributed by atoms with Crippen LogP contribution in [0.2, 0.25) is 0 Å². The number of amides is 1. The average Bonchev–Trinajstić information content (AvgIpc) is 2.99. The number of non-ortho nitro benzene ring substituents is 1. The second kappa shape index (κ2) is 5.87. The molecule has 2 rings (SSSR count). The van der Waals surface area contributed by atoms with E-state index >= 15 is 0 Å². The van der Waals surface area contributed by atoms with Gasteiger partial charge in [-0.1, -0.05) is 12.8 Å². The van der Waals surface area contributed by atoms with Gasteiger partial charge in [0.15, 0.2) is 0 Å². The van der Waals surface area contributed by atoms with E-state index in [9.17, 15) is 14.9 Å². The quantitative estimate of drug-likeness (QED) is 0.497. The topological polar surface area (TPSA) is 102 Å². The van der Waals surface area contributed by atoms with Crippen molar-refractivity contribution in [2.24, 2.45) is 5.84 Å². The van der Waals surface area contributed by atoms with Gasteiger partial charge in [-0.15, -0.1) is 0 Å². The summed E-state index contributed by atoms with van der Waals surface area (Å²) in [5.74, 6) is 5.14. The molecule has 0 radical (unpaired) electrons. The van der Waals surface area contributed by atoms with E-state index in [2.05, 4.69) is 5.43 Å². The Morgan fingerprint density at radius 2 is 2.10 bits per heavy atom. The Balaban J connectivity index is 2.31. The first-order valence-electron chi connectivity index (χ1n) is 6.57. The van der Waals surface area contributed by atoms with Crippen LogP contribution in [0.3, 0.4) is 0 Å². The molecule has 7 nitrogen and oxygen atoms in total. The van der Waals surface area contributed by atoms with Crippen LogP contribution in [-0.2, 0) is 0 Å². The summed E-state index contributed by atoms with van der Waals surface area (Å²) in [6.07, 6.45) is 4.17. The van der Waals surface area contributed by atoms with Crippen molar-refractivity contribution in [1.29, 1.82) is 0 Å². The molecule has 0 atom stereocenters. The Morgan fingerprint density at radius 1 is 1.45 bits per heavy atom. The number of nitrogens with two attached hydrogens (primary N) is 1. The van der Waals surface area contributed by atoms with Crippen LogP contribution in [0.5, 0.6) is 0 Å². The van der Waals surface area contributed by atoms with E-state index in [0.717, 1.165) is 25.7 Å². The fourth-order valence-electron chi connectivity index (χ4n) is 2.60. The van der Waals surface area contributed by atoms with Crippen LogP contribution in [0.1, 0.15) is 36.0 Å². The van der Waals surface area contributed by atoms with Crippen molar-refractivity contribution in [3.8, 4) is 0 Å². The molecule has 1 aromatic carbocycles. The van der Waals surface area contributed by atoms with Crippen molar-refractivity contribution < 1.29 is 9.72 Å². The van der Waals surface area contributed by atoms with Gasteiger partial charge in [0.25, 0.3) is 11.6 Å². The predicted octanol–water partition coefficient (Wildman–Crippen LogP) is 1.89. The second-order valence-corrected chi connectivity index (χ2v) is 4.99. The molecule has 1 saturated carbocycles. The van der Waals surface area contributed by atoms with E-state index in [-0.39, 0.29) is 23.2 Å². The van der Waals surface area contributed by atoms with Gasteiger partial charge in [-0.3, -0.25) is 20.8 Å². The smallest absolute Gasteiger partial charge is 0.270 e. The molecule has 0 aromatic heterocycles. The number of benzene rings is 1. The number of nitro benzene ring substituents is 1. The number of nitro groups is 1. The van der Waals surface area contributed by atoms with Gasteiger partial charge in [0.1, 0.15) is 0 Å². The summed E-state index contributed by atoms with van der Waals surface area (Å²) in [5.41, 5.74) is 2.93. The van der Waals surface area contributed by atoms with Crippen molar-refractivity contribution in [1.82, 2.24) is 4.90 Å². The van der Waals surface area contributed by atoms with Crippen LogP contribution in [0.25, 0.3) is 0 Å².